The molecule has 5 nitrogen and oxygen atoms in total. The van der Waals surface area contributed by atoms with E-state index in [9.17, 15) is 4.79 Å². The minimum Gasteiger partial charge on any atom is -0.288 e. The van der Waals surface area contributed by atoms with Gasteiger partial charge in [0, 0.05) is 12.6 Å². The molecule has 0 aliphatic carbocycles. The molecule has 0 aliphatic rings. The summed E-state index contributed by atoms with van der Waals surface area (Å²) in [4.78, 5) is 12.2. The van der Waals surface area contributed by atoms with Crippen LogP contribution in [0.15, 0.2) is 65.5 Å². The summed E-state index contributed by atoms with van der Waals surface area (Å²) >= 11 is 0. The van der Waals surface area contributed by atoms with Gasteiger partial charge in [-0.3, -0.25) is 5.43 Å². The standard InChI is InChI=1S/C15H14N4O/c1-18-15(20)19(16-13-10-6-3-7-11-13)14(17-18)12-8-4-2-5-9-12/h2-11,16H,1H3. The third kappa shape index (κ3) is 2.21. The summed E-state index contributed by atoms with van der Waals surface area (Å²) in [6.45, 7) is 0. The molecule has 0 unspecified atom stereocenters. The maximum atomic E-state index is 12.2. The van der Waals surface area contributed by atoms with Gasteiger partial charge in [-0.2, -0.15) is 4.68 Å². The number of aromatic nitrogens is 3. The Bertz CT molecular complexity index is 760. The topological polar surface area (TPSA) is 51.9 Å². The molecule has 0 saturated heterocycles. The Balaban J connectivity index is 2.09. The van der Waals surface area contributed by atoms with Crippen LogP contribution < -0.4 is 11.1 Å². The Morgan fingerprint density at radius 3 is 2.20 bits per heavy atom. The lowest BCUT2D eigenvalue weighted by Gasteiger charge is -2.08. The highest BCUT2D eigenvalue weighted by atomic mass is 16.2. The van der Waals surface area contributed by atoms with Crippen LogP contribution in [0.1, 0.15) is 0 Å². The summed E-state index contributed by atoms with van der Waals surface area (Å²) in [6.07, 6.45) is 0. The minimum atomic E-state index is -0.215. The fourth-order valence-electron chi connectivity index (χ4n) is 1.98. The zero-order valence-electron chi connectivity index (χ0n) is 11.0. The molecule has 1 aromatic heterocycles. The van der Waals surface area contributed by atoms with Crippen LogP contribution in [0, 0.1) is 0 Å². The summed E-state index contributed by atoms with van der Waals surface area (Å²) in [6, 6.07) is 19.1. The summed E-state index contributed by atoms with van der Waals surface area (Å²) in [5.74, 6) is 0.585. The van der Waals surface area contributed by atoms with Gasteiger partial charge in [-0.25, -0.2) is 9.48 Å². The third-order valence-electron chi connectivity index (χ3n) is 2.97. The van der Waals surface area contributed by atoms with Crippen molar-refractivity contribution >= 4 is 5.69 Å². The zero-order valence-corrected chi connectivity index (χ0v) is 11.0. The van der Waals surface area contributed by atoms with Gasteiger partial charge in [0.25, 0.3) is 0 Å². The Labute approximate surface area is 116 Å². The molecule has 0 spiro atoms. The first-order chi connectivity index (χ1) is 9.75. The van der Waals surface area contributed by atoms with E-state index in [2.05, 4.69) is 10.5 Å². The average Bonchev–Trinajstić information content (AvgIpc) is 2.78. The van der Waals surface area contributed by atoms with Crippen LogP contribution in [0.4, 0.5) is 5.69 Å². The second-order valence-electron chi connectivity index (χ2n) is 4.41. The molecule has 0 aliphatic heterocycles. The molecule has 3 aromatic rings. The number of hydrogen-bond donors (Lipinski definition) is 1. The number of aryl methyl sites for hydroxylation is 1. The van der Waals surface area contributed by atoms with Gasteiger partial charge in [0.05, 0.1) is 5.69 Å². The Kier molecular flexibility index (Phi) is 3.09. The smallest absolute Gasteiger partial charge is 0.288 e. The van der Waals surface area contributed by atoms with Crippen LogP contribution in [0.5, 0.6) is 0 Å². The van der Waals surface area contributed by atoms with Gasteiger partial charge >= 0.3 is 5.69 Å². The number of anilines is 1. The quantitative estimate of drug-likeness (QED) is 0.790. The van der Waals surface area contributed by atoms with Gasteiger partial charge in [0.1, 0.15) is 0 Å². The molecule has 2 aromatic carbocycles. The van der Waals surface area contributed by atoms with E-state index in [1.165, 1.54) is 9.36 Å². The van der Waals surface area contributed by atoms with E-state index in [4.69, 9.17) is 0 Å². The number of benzene rings is 2. The van der Waals surface area contributed by atoms with Crippen LogP contribution in [0.2, 0.25) is 0 Å². The lowest BCUT2D eigenvalue weighted by Crippen LogP contribution is -2.28. The van der Waals surface area contributed by atoms with Gasteiger partial charge in [-0.15, -0.1) is 5.10 Å². The fourth-order valence-corrected chi connectivity index (χ4v) is 1.98. The van der Waals surface area contributed by atoms with Crippen LogP contribution in [0.25, 0.3) is 11.4 Å². The lowest BCUT2D eigenvalue weighted by atomic mass is 10.2. The van der Waals surface area contributed by atoms with Gasteiger partial charge in [-0.05, 0) is 12.1 Å². The highest BCUT2D eigenvalue weighted by Gasteiger charge is 2.12. The first-order valence-corrected chi connectivity index (χ1v) is 6.29. The van der Waals surface area contributed by atoms with Crippen LogP contribution >= 0.6 is 0 Å². The lowest BCUT2D eigenvalue weighted by molar-refractivity contribution is 0.719. The van der Waals surface area contributed by atoms with E-state index < -0.39 is 0 Å². The van der Waals surface area contributed by atoms with Crippen molar-refractivity contribution in [1.29, 1.82) is 0 Å². The van der Waals surface area contributed by atoms with Gasteiger partial charge < -0.3 is 0 Å². The second kappa shape index (κ2) is 5.05. The normalized spacial score (nSPS) is 10.4. The monoisotopic (exact) mass is 266 g/mol. The summed E-state index contributed by atoms with van der Waals surface area (Å²) < 4.78 is 2.77. The fraction of sp³-hybridized carbons (Fsp3) is 0.0667. The number of para-hydroxylation sites is 1. The van der Waals surface area contributed by atoms with Crippen LogP contribution in [0.3, 0.4) is 0 Å². The van der Waals surface area contributed by atoms with Gasteiger partial charge in [-0.1, -0.05) is 48.5 Å². The average molecular weight is 266 g/mol. The molecule has 5 heteroatoms. The summed E-state index contributed by atoms with van der Waals surface area (Å²) in [5, 5.41) is 4.28. The molecule has 0 bridgehead atoms. The van der Waals surface area contributed by atoms with Gasteiger partial charge in [0.15, 0.2) is 5.82 Å². The molecule has 20 heavy (non-hydrogen) atoms. The largest absolute Gasteiger partial charge is 0.365 e. The molecule has 0 radical (unpaired) electrons. The number of nitrogens with zero attached hydrogens (tertiary/aromatic N) is 3. The maximum absolute atomic E-state index is 12.2. The van der Waals surface area contributed by atoms with E-state index in [0.717, 1.165) is 11.3 Å². The van der Waals surface area contributed by atoms with Crippen LogP contribution in [-0.4, -0.2) is 14.5 Å². The number of hydrogen-bond acceptors (Lipinski definition) is 3. The third-order valence-corrected chi connectivity index (χ3v) is 2.97. The number of rotatable bonds is 3. The molecule has 0 saturated carbocycles. The van der Waals surface area contributed by atoms with E-state index in [1.54, 1.807) is 7.05 Å². The zero-order chi connectivity index (χ0) is 13.9. The molecule has 0 fully saturated rings. The first kappa shape index (κ1) is 12.2. The predicted molar refractivity (Wildman–Crippen MR) is 78.4 cm³/mol. The summed E-state index contributed by atoms with van der Waals surface area (Å²) in [7, 11) is 1.64. The minimum absolute atomic E-state index is 0.215. The molecule has 0 atom stereocenters. The van der Waals surface area contributed by atoms with E-state index in [0.29, 0.717) is 5.82 Å². The molecular weight excluding hydrogens is 252 g/mol. The van der Waals surface area contributed by atoms with Crippen molar-refractivity contribution in [3.05, 3.63) is 71.1 Å². The number of nitrogens with one attached hydrogen (secondary N) is 1. The maximum Gasteiger partial charge on any atom is 0.365 e. The van der Waals surface area contributed by atoms with Crippen molar-refractivity contribution < 1.29 is 0 Å². The predicted octanol–water partition coefficient (Wildman–Crippen LogP) is 2.12. The second-order valence-corrected chi connectivity index (χ2v) is 4.41. The molecule has 3 rings (SSSR count). The highest BCUT2D eigenvalue weighted by molar-refractivity contribution is 5.56. The highest BCUT2D eigenvalue weighted by Crippen LogP contribution is 2.15. The van der Waals surface area contributed by atoms with Crippen molar-refractivity contribution in [3.8, 4) is 11.4 Å². The van der Waals surface area contributed by atoms with E-state index in [-0.39, 0.29) is 5.69 Å². The van der Waals surface area contributed by atoms with Crippen molar-refractivity contribution in [3.63, 3.8) is 0 Å². The molecular formula is C15H14N4O. The van der Waals surface area contributed by atoms with Crippen LogP contribution in [-0.2, 0) is 7.05 Å². The Morgan fingerprint density at radius 1 is 0.950 bits per heavy atom. The van der Waals surface area contributed by atoms with E-state index >= 15 is 0 Å². The molecule has 1 N–H and O–H groups in total. The van der Waals surface area contributed by atoms with Crippen molar-refractivity contribution in [2.75, 3.05) is 5.43 Å². The summed E-state index contributed by atoms with van der Waals surface area (Å²) in [5.41, 5.74) is 4.58. The SMILES string of the molecule is Cn1nc(-c2ccccc2)n(Nc2ccccc2)c1=O. The first-order valence-electron chi connectivity index (χ1n) is 6.29. The molecule has 1 heterocycles. The van der Waals surface area contributed by atoms with Crippen molar-refractivity contribution in [1.82, 2.24) is 14.5 Å². The van der Waals surface area contributed by atoms with Gasteiger partial charge in [0.2, 0.25) is 0 Å². The van der Waals surface area contributed by atoms with E-state index in [1.807, 2.05) is 60.7 Å². The Hall–Kier alpha value is -2.82. The molecule has 0 amide bonds. The van der Waals surface area contributed by atoms with Crippen molar-refractivity contribution in [2.45, 2.75) is 0 Å². The molecule has 100 valence electrons. The Morgan fingerprint density at radius 2 is 1.55 bits per heavy atom. The van der Waals surface area contributed by atoms with Crippen molar-refractivity contribution in [2.24, 2.45) is 7.05 Å².